The molecule has 0 radical (unpaired) electrons. The highest BCUT2D eigenvalue weighted by atomic mass is 32.2. The Labute approximate surface area is 299 Å². The third-order valence-electron chi connectivity index (χ3n) is 10.3. The van der Waals surface area contributed by atoms with Crippen molar-refractivity contribution in [2.24, 2.45) is 18.4 Å². The Balaban J connectivity index is 1.30. The number of hydrogen-bond donors (Lipinski definition) is 2. The van der Waals surface area contributed by atoms with Crippen LogP contribution in [0.5, 0.6) is 11.5 Å². The number of ether oxygens (including phenoxy) is 1. The maximum atomic E-state index is 15.7. The summed E-state index contributed by atoms with van der Waals surface area (Å²) >= 11 is 1.83. The molecule has 2 unspecified atom stereocenters. The lowest BCUT2D eigenvalue weighted by molar-refractivity contribution is -0.172. The molecule has 3 aromatic carbocycles. The molecule has 0 aliphatic carbocycles. The van der Waals surface area contributed by atoms with Crippen LogP contribution in [0.15, 0.2) is 60.8 Å². The number of aromatic amines is 1. The molecule has 0 spiro atoms. The van der Waals surface area contributed by atoms with Gasteiger partial charge in [0.1, 0.15) is 11.6 Å². The van der Waals surface area contributed by atoms with E-state index in [9.17, 15) is 14.8 Å². The van der Waals surface area contributed by atoms with E-state index < -0.39 is 34.8 Å². The van der Waals surface area contributed by atoms with Crippen LogP contribution >= 0.6 is 11.8 Å². The van der Waals surface area contributed by atoms with Gasteiger partial charge in [0.15, 0.2) is 23.2 Å². The number of nitrogens with one attached hydrogen (secondary N) is 1. The predicted molar refractivity (Wildman–Crippen MR) is 192 cm³/mol. The Morgan fingerprint density at radius 2 is 1.88 bits per heavy atom. The van der Waals surface area contributed by atoms with Crippen molar-refractivity contribution in [3.63, 3.8) is 0 Å². The van der Waals surface area contributed by atoms with Crippen molar-refractivity contribution in [3.05, 3.63) is 94.9 Å². The lowest BCUT2D eigenvalue weighted by Gasteiger charge is -2.31. The van der Waals surface area contributed by atoms with Crippen molar-refractivity contribution in [2.75, 3.05) is 11.5 Å². The van der Waals surface area contributed by atoms with Crippen molar-refractivity contribution < 1.29 is 28.3 Å². The first-order valence-electron chi connectivity index (χ1n) is 17.2. The highest BCUT2D eigenvalue weighted by molar-refractivity contribution is 7.99. The van der Waals surface area contributed by atoms with Crippen LogP contribution in [0.2, 0.25) is 0 Å². The topological polar surface area (TPSA) is 113 Å². The molecule has 2 atom stereocenters. The largest absolute Gasteiger partial charge is 0.454 e. The first-order chi connectivity index (χ1) is 24.3. The van der Waals surface area contributed by atoms with E-state index in [0.29, 0.717) is 36.4 Å². The van der Waals surface area contributed by atoms with Crippen LogP contribution in [0.3, 0.4) is 0 Å². The number of aryl methyl sites for hydroxylation is 2. The molecule has 2 aliphatic heterocycles. The smallest absolute Gasteiger partial charge is 0.257 e. The Kier molecular flexibility index (Phi) is 9.26. The lowest BCUT2D eigenvalue weighted by Crippen LogP contribution is -2.28. The minimum Gasteiger partial charge on any atom is -0.454 e. The second-order valence-corrected chi connectivity index (χ2v) is 15.8. The summed E-state index contributed by atoms with van der Waals surface area (Å²) in [4.78, 5) is 32.6. The average Bonchev–Trinajstić information content (AvgIpc) is 3.79. The summed E-state index contributed by atoms with van der Waals surface area (Å²) in [5.41, 5.74) is 2.71. The number of hydrogen-bond acceptors (Lipinski definition) is 7. The van der Waals surface area contributed by atoms with Crippen molar-refractivity contribution in [2.45, 2.75) is 64.7 Å². The Bertz CT molecular complexity index is 2150. The number of halogens is 2. The molecule has 2 aromatic heterocycles. The number of fused-ring (bicyclic) bond motifs is 8. The number of amides is 2. The molecular formula is C39H41F2N5O4S. The van der Waals surface area contributed by atoms with Gasteiger partial charge in [-0.3, -0.25) is 14.8 Å². The van der Waals surface area contributed by atoms with Crippen LogP contribution < -0.4 is 4.74 Å². The third kappa shape index (κ3) is 6.79. The fourth-order valence-corrected chi connectivity index (χ4v) is 8.55. The van der Waals surface area contributed by atoms with Crippen LogP contribution in [-0.4, -0.2) is 53.3 Å². The van der Waals surface area contributed by atoms with E-state index in [1.54, 1.807) is 17.9 Å². The second kappa shape index (κ2) is 13.5. The van der Waals surface area contributed by atoms with Gasteiger partial charge in [-0.15, -0.1) is 0 Å². The standard InChI is InChI=1S/C39H41F2N5O4S/c1-38(2)13-6-14-39(3,25-8-5-7-23(18-25)17-24-19-33(47)46(49)36(24)48)37-43-35(45(4)44-37)29-20-26(9-10-30(29)40)50-34-28(12-16-51-22-38)27-11-15-42-32(27)21-31(34)41/h5,7-11,15,18,20-21,24,42,49H,6,12-14,16-17,19,22H2,1-4H3. The average molecular weight is 714 g/mol. The van der Waals surface area contributed by atoms with Gasteiger partial charge in [0.2, 0.25) is 0 Å². The van der Waals surface area contributed by atoms with Crippen LogP contribution in [0.25, 0.3) is 22.3 Å². The normalized spacial score (nSPS) is 21.3. The van der Waals surface area contributed by atoms with Crippen LogP contribution in [0, 0.1) is 23.0 Å². The molecule has 1 saturated heterocycles. The number of nitrogens with zero attached hydrogens (tertiary/aromatic N) is 4. The number of H-pyrrole nitrogens is 1. The molecular weight excluding hydrogens is 673 g/mol. The molecule has 5 aromatic rings. The zero-order valence-corrected chi connectivity index (χ0v) is 29.9. The monoisotopic (exact) mass is 713 g/mol. The van der Waals surface area contributed by atoms with E-state index >= 15 is 8.78 Å². The van der Waals surface area contributed by atoms with Crippen LogP contribution in [-0.2, 0) is 34.9 Å². The molecule has 0 saturated carbocycles. The minimum atomic E-state index is -0.701. The van der Waals surface area contributed by atoms with Gasteiger partial charge in [0, 0.05) is 42.2 Å². The third-order valence-corrected chi connectivity index (χ3v) is 11.8. The Morgan fingerprint density at radius 1 is 1.06 bits per heavy atom. The van der Waals surface area contributed by atoms with E-state index in [4.69, 9.17) is 14.8 Å². The van der Waals surface area contributed by atoms with Crippen LogP contribution in [0.1, 0.15) is 69.0 Å². The molecule has 2 aliphatic rings. The number of thioether (sulfide) groups is 1. The highest BCUT2D eigenvalue weighted by Crippen LogP contribution is 2.41. The lowest BCUT2D eigenvalue weighted by atomic mass is 9.75. The summed E-state index contributed by atoms with van der Waals surface area (Å²) < 4.78 is 39.1. The second-order valence-electron chi connectivity index (χ2n) is 14.7. The molecule has 9 nitrogen and oxygen atoms in total. The molecule has 4 bridgehead atoms. The minimum absolute atomic E-state index is 0.00163. The summed E-state index contributed by atoms with van der Waals surface area (Å²) in [5, 5.41) is 15.8. The van der Waals surface area contributed by atoms with E-state index in [0.717, 1.165) is 46.4 Å². The van der Waals surface area contributed by atoms with E-state index in [1.807, 2.05) is 42.1 Å². The maximum Gasteiger partial charge on any atom is 0.257 e. The molecule has 4 heterocycles. The maximum absolute atomic E-state index is 15.7. The number of rotatable bonds is 3. The fourth-order valence-electron chi connectivity index (χ4n) is 7.36. The Hall–Kier alpha value is -4.55. The van der Waals surface area contributed by atoms with Gasteiger partial charge in [0.05, 0.1) is 16.9 Å². The summed E-state index contributed by atoms with van der Waals surface area (Å²) in [6, 6.07) is 15.5. The van der Waals surface area contributed by atoms with Gasteiger partial charge in [-0.25, -0.2) is 18.4 Å². The number of carbonyl (C=O) groups is 2. The van der Waals surface area contributed by atoms with Gasteiger partial charge in [-0.1, -0.05) is 44.5 Å². The number of imide groups is 1. The molecule has 12 heteroatoms. The van der Waals surface area contributed by atoms with Gasteiger partial charge in [-0.2, -0.15) is 21.9 Å². The van der Waals surface area contributed by atoms with E-state index in [2.05, 4.69) is 25.8 Å². The summed E-state index contributed by atoms with van der Waals surface area (Å²) in [6.07, 6.45) is 5.11. The molecule has 1 fully saturated rings. The van der Waals surface area contributed by atoms with Crippen molar-refractivity contribution in [1.82, 2.24) is 24.8 Å². The van der Waals surface area contributed by atoms with Crippen LogP contribution in [0.4, 0.5) is 8.78 Å². The molecule has 2 amide bonds. The van der Waals surface area contributed by atoms with Crippen molar-refractivity contribution in [1.29, 1.82) is 0 Å². The summed E-state index contributed by atoms with van der Waals surface area (Å²) in [6.45, 7) is 6.60. The summed E-state index contributed by atoms with van der Waals surface area (Å²) in [7, 11) is 1.72. The zero-order chi connectivity index (χ0) is 36.1. The quantitative estimate of drug-likeness (QED) is 0.143. The SMILES string of the molecule is Cn1nc2nc1-c1cc(ccc1F)Oc1c(F)cc3[nH]ccc3c1CCSCC(C)(C)CCCC2(C)c1cccc(CC2CC(=O)N(O)C2=O)c1. The summed E-state index contributed by atoms with van der Waals surface area (Å²) in [5.74, 6) is 0.0372. The number of aromatic nitrogens is 4. The number of carbonyl (C=O) groups excluding carboxylic acids is 2. The van der Waals surface area contributed by atoms with Gasteiger partial charge in [0.25, 0.3) is 11.8 Å². The zero-order valence-electron chi connectivity index (χ0n) is 29.1. The van der Waals surface area contributed by atoms with Gasteiger partial charge >= 0.3 is 0 Å². The molecule has 7 rings (SSSR count). The van der Waals surface area contributed by atoms with Crippen molar-refractivity contribution in [3.8, 4) is 22.9 Å². The fraction of sp³-hybridized carbons (Fsp3) is 0.385. The number of benzene rings is 3. The molecule has 266 valence electrons. The van der Waals surface area contributed by atoms with Gasteiger partial charge < -0.3 is 9.72 Å². The molecule has 51 heavy (non-hydrogen) atoms. The van der Waals surface area contributed by atoms with E-state index in [1.165, 1.54) is 24.3 Å². The van der Waals surface area contributed by atoms with Gasteiger partial charge in [-0.05, 0) is 84.9 Å². The first-order valence-corrected chi connectivity index (χ1v) is 18.4. The molecule has 2 N–H and O–H groups in total. The van der Waals surface area contributed by atoms with Crippen molar-refractivity contribution >= 4 is 34.5 Å². The highest BCUT2D eigenvalue weighted by Gasteiger charge is 2.39. The van der Waals surface area contributed by atoms with E-state index in [-0.39, 0.29) is 34.0 Å². The predicted octanol–water partition coefficient (Wildman–Crippen LogP) is 8.13. The Morgan fingerprint density at radius 3 is 2.67 bits per heavy atom. The number of hydroxylamine groups is 2. The first kappa shape index (κ1) is 34.9.